The van der Waals surface area contributed by atoms with E-state index in [0.29, 0.717) is 28.6 Å². The lowest BCUT2D eigenvalue weighted by Gasteiger charge is -2.10. The average molecular weight is 359 g/mol. The van der Waals surface area contributed by atoms with E-state index in [-0.39, 0.29) is 5.82 Å². The molecular weight excluding hydrogens is 345 g/mol. The molecular formula is C14H14BrClFN3. The minimum atomic E-state index is -0.423. The van der Waals surface area contributed by atoms with E-state index in [1.807, 2.05) is 19.1 Å². The Morgan fingerprint density at radius 1 is 1.35 bits per heavy atom. The van der Waals surface area contributed by atoms with E-state index in [2.05, 4.69) is 31.2 Å². The van der Waals surface area contributed by atoms with Gasteiger partial charge in [-0.1, -0.05) is 34.5 Å². The van der Waals surface area contributed by atoms with Crippen LogP contribution in [0.25, 0.3) is 11.4 Å². The summed E-state index contributed by atoms with van der Waals surface area (Å²) >= 11 is 9.55. The van der Waals surface area contributed by atoms with Crippen LogP contribution in [0.5, 0.6) is 0 Å². The van der Waals surface area contributed by atoms with Gasteiger partial charge in [-0.25, -0.2) is 14.4 Å². The monoisotopic (exact) mass is 357 g/mol. The van der Waals surface area contributed by atoms with Crippen molar-refractivity contribution in [2.24, 2.45) is 0 Å². The van der Waals surface area contributed by atoms with Gasteiger partial charge in [0.1, 0.15) is 0 Å². The van der Waals surface area contributed by atoms with Crippen LogP contribution in [0.15, 0.2) is 22.7 Å². The van der Waals surface area contributed by atoms with Crippen LogP contribution in [0.2, 0.25) is 5.02 Å². The molecule has 0 saturated carbocycles. The molecule has 0 amide bonds. The zero-order valence-electron chi connectivity index (χ0n) is 11.2. The molecule has 0 aliphatic heterocycles. The fourth-order valence-electron chi connectivity index (χ4n) is 1.71. The van der Waals surface area contributed by atoms with Crippen molar-refractivity contribution in [3.05, 3.63) is 39.2 Å². The highest BCUT2D eigenvalue weighted by molar-refractivity contribution is 9.10. The third-order valence-corrected chi connectivity index (χ3v) is 3.55. The molecule has 0 unspecified atom stereocenters. The van der Waals surface area contributed by atoms with Gasteiger partial charge in [-0.15, -0.1) is 0 Å². The number of benzene rings is 1. The molecule has 0 aliphatic carbocycles. The molecule has 0 radical (unpaired) electrons. The molecule has 0 atom stereocenters. The molecule has 1 heterocycles. The lowest BCUT2D eigenvalue weighted by atomic mass is 10.2. The van der Waals surface area contributed by atoms with Crippen LogP contribution >= 0.6 is 27.5 Å². The fourth-order valence-corrected chi connectivity index (χ4v) is 2.27. The zero-order valence-corrected chi connectivity index (χ0v) is 13.5. The van der Waals surface area contributed by atoms with Gasteiger partial charge in [-0.3, -0.25) is 0 Å². The van der Waals surface area contributed by atoms with Crippen molar-refractivity contribution >= 4 is 33.3 Å². The lowest BCUT2D eigenvalue weighted by molar-refractivity contribution is 0.605. The van der Waals surface area contributed by atoms with Crippen LogP contribution in [0.4, 0.5) is 10.2 Å². The number of nitrogens with one attached hydrogen (secondary N) is 1. The third kappa shape index (κ3) is 3.27. The summed E-state index contributed by atoms with van der Waals surface area (Å²) < 4.78 is 14.8. The number of anilines is 1. The first-order valence-corrected chi connectivity index (χ1v) is 7.43. The van der Waals surface area contributed by atoms with E-state index in [1.54, 1.807) is 13.0 Å². The van der Waals surface area contributed by atoms with Crippen LogP contribution in [-0.2, 0) is 0 Å². The molecule has 0 saturated heterocycles. The Morgan fingerprint density at radius 3 is 2.80 bits per heavy atom. The highest BCUT2D eigenvalue weighted by Gasteiger charge is 2.14. The molecule has 0 spiro atoms. The van der Waals surface area contributed by atoms with Gasteiger partial charge in [0.05, 0.1) is 10.7 Å². The molecule has 1 aromatic heterocycles. The van der Waals surface area contributed by atoms with Gasteiger partial charge in [0.25, 0.3) is 0 Å². The minimum Gasteiger partial charge on any atom is -0.368 e. The van der Waals surface area contributed by atoms with Crippen molar-refractivity contribution < 1.29 is 4.39 Å². The van der Waals surface area contributed by atoms with E-state index >= 15 is 0 Å². The van der Waals surface area contributed by atoms with Gasteiger partial charge < -0.3 is 5.32 Å². The molecule has 106 valence electrons. The van der Waals surface area contributed by atoms with Crippen molar-refractivity contribution in [2.75, 3.05) is 11.9 Å². The molecule has 0 fully saturated rings. The maximum atomic E-state index is 14.0. The fraction of sp³-hybridized carbons (Fsp3) is 0.286. The topological polar surface area (TPSA) is 37.8 Å². The summed E-state index contributed by atoms with van der Waals surface area (Å²) in [5.74, 6) is 0.201. The SMILES string of the molecule is CCCNc1nc(-c2cc(Br)ccc2Cl)nc(C)c1F. The second-order valence-electron chi connectivity index (χ2n) is 4.35. The Kier molecular flexibility index (Phi) is 4.94. The van der Waals surface area contributed by atoms with Crippen molar-refractivity contribution in [1.82, 2.24) is 9.97 Å². The summed E-state index contributed by atoms with van der Waals surface area (Å²) in [6.07, 6.45) is 0.884. The van der Waals surface area contributed by atoms with Crippen LogP contribution in [-0.4, -0.2) is 16.5 Å². The summed E-state index contributed by atoms with van der Waals surface area (Å²) in [5, 5.41) is 3.50. The van der Waals surface area contributed by atoms with Crippen molar-refractivity contribution in [3.8, 4) is 11.4 Å². The number of hydrogen-bond donors (Lipinski definition) is 1. The van der Waals surface area contributed by atoms with Gasteiger partial charge in [0, 0.05) is 16.6 Å². The first kappa shape index (κ1) is 15.2. The Balaban J connectivity index is 2.51. The number of nitrogens with zero attached hydrogens (tertiary/aromatic N) is 2. The van der Waals surface area contributed by atoms with E-state index in [0.717, 1.165) is 10.9 Å². The number of aromatic nitrogens is 2. The van der Waals surface area contributed by atoms with Crippen LogP contribution < -0.4 is 5.32 Å². The molecule has 1 N–H and O–H groups in total. The van der Waals surface area contributed by atoms with Gasteiger partial charge in [-0.2, -0.15) is 0 Å². The normalized spacial score (nSPS) is 10.7. The van der Waals surface area contributed by atoms with Crippen molar-refractivity contribution in [2.45, 2.75) is 20.3 Å². The molecule has 0 aliphatic rings. The molecule has 2 rings (SSSR count). The maximum absolute atomic E-state index is 14.0. The van der Waals surface area contributed by atoms with E-state index in [1.165, 1.54) is 0 Å². The molecule has 2 aromatic rings. The molecule has 1 aromatic carbocycles. The lowest BCUT2D eigenvalue weighted by Crippen LogP contribution is -2.08. The first-order valence-electron chi connectivity index (χ1n) is 6.26. The molecule has 6 heteroatoms. The number of aryl methyl sites for hydroxylation is 1. The van der Waals surface area contributed by atoms with Gasteiger partial charge >= 0.3 is 0 Å². The van der Waals surface area contributed by atoms with Crippen LogP contribution in [0, 0.1) is 12.7 Å². The average Bonchev–Trinajstić information content (AvgIpc) is 2.43. The highest BCUT2D eigenvalue weighted by Crippen LogP contribution is 2.30. The third-order valence-electron chi connectivity index (χ3n) is 2.73. The van der Waals surface area contributed by atoms with E-state index < -0.39 is 5.82 Å². The maximum Gasteiger partial charge on any atom is 0.186 e. The Hall–Kier alpha value is -1.20. The highest BCUT2D eigenvalue weighted by atomic mass is 79.9. The smallest absolute Gasteiger partial charge is 0.186 e. The summed E-state index contributed by atoms with van der Waals surface area (Å²) in [5.41, 5.74) is 0.966. The van der Waals surface area contributed by atoms with Gasteiger partial charge in [-0.05, 0) is 31.5 Å². The Labute approximate surface area is 130 Å². The first-order chi connectivity index (χ1) is 9.52. The Morgan fingerprint density at radius 2 is 2.10 bits per heavy atom. The molecule has 20 heavy (non-hydrogen) atoms. The quantitative estimate of drug-likeness (QED) is 0.850. The number of hydrogen-bond acceptors (Lipinski definition) is 3. The summed E-state index contributed by atoms with van der Waals surface area (Å²) in [7, 11) is 0. The molecule has 0 bridgehead atoms. The standard InChI is InChI=1S/C14H14BrClFN3/c1-3-6-18-14-12(17)8(2)19-13(20-14)10-7-9(15)4-5-11(10)16/h4-5,7H,3,6H2,1-2H3,(H,18,19,20). The summed E-state index contributed by atoms with van der Waals surface area (Å²) in [6, 6.07) is 5.40. The predicted molar refractivity (Wildman–Crippen MR) is 83.7 cm³/mol. The van der Waals surface area contributed by atoms with Gasteiger partial charge in [0.2, 0.25) is 0 Å². The van der Waals surface area contributed by atoms with Gasteiger partial charge in [0.15, 0.2) is 17.5 Å². The number of halogens is 3. The second-order valence-corrected chi connectivity index (χ2v) is 5.67. The van der Waals surface area contributed by atoms with Crippen molar-refractivity contribution in [1.29, 1.82) is 0 Å². The zero-order chi connectivity index (χ0) is 14.7. The Bertz CT molecular complexity index is 634. The summed E-state index contributed by atoms with van der Waals surface area (Å²) in [4.78, 5) is 8.42. The largest absolute Gasteiger partial charge is 0.368 e. The van der Waals surface area contributed by atoms with Crippen LogP contribution in [0.1, 0.15) is 19.0 Å². The van der Waals surface area contributed by atoms with Crippen LogP contribution in [0.3, 0.4) is 0 Å². The summed E-state index contributed by atoms with van der Waals surface area (Å²) in [6.45, 7) is 4.27. The molecule has 3 nitrogen and oxygen atoms in total. The minimum absolute atomic E-state index is 0.213. The number of rotatable bonds is 4. The van der Waals surface area contributed by atoms with E-state index in [9.17, 15) is 4.39 Å². The van der Waals surface area contributed by atoms with Crippen molar-refractivity contribution in [3.63, 3.8) is 0 Å². The van der Waals surface area contributed by atoms with E-state index in [4.69, 9.17) is 11.6 Å². The predicted octanol–water partition coefficient (Wildman–Crippen LogP) is 4.83. The second kappa shape index (κ2) is 6.50.